The number of benzene rings is 1. The van der Waals surface area contributed by atoms with Crippen molar-refractivity contribution in [1.29, 1.82) is 0 Å². The van der Waals surface area contributed by atoms with Crippen molar-refractivity contribution in [3.63, 3.8) is 0 Å². The van der Waals surface area contributed by atoms with Crippen LogP contribution >= 0.6 is 0 Å². The molecule has 1 aliphatic carbocycles. The Kier molecular flexibility index (Phi) is 4.89. The predicted molar refractivity (Wildman–Crippen MR) is 81.3 cm³/mol. The maximum atomic E-state index is 11.9. The van der Waals surface area contributed by atoms with Gasteiger partial charge in [0.25, 0.3) is 0 Å². The number of fused-ring (bicyclic) bond motifs is 1. The molecule has 0 aromatic heterocycles. The summed E-state index contributed by atoms with van der Waals surface area (Å²) in [6.07, 6.45) is 8.60. The fourth-order valence-electron chi connectivity index (χ4n) is 2.74. The third kappa shape index (κ3) is 3.24. The summed E-state index contributed by atoms with van der Waals surface area (Å²) in [5, 5.41) is 0. The van der Waals surface area contributed by atoms with E-state index in [0.717, 1.165) is 12.8 Å². The van der Waals surface area contributed by atoms with Crippen molar-refractivity contribution >= 4 is 11.6 Å². The van der Waals surface area contributed by atoms with Gasteiger partial charge in [0, 0.05) is 11.1 Å². The van der Waals surface area contributed by atoms with E-state index in [0.29, 0.717) is 17.0 Å². The Bertz CT molecular complexity index is 540. The molecule has 0 amide bonds. The maximum absolute atomic E-state index is 11.9. The fraction of sp³-hybridized carbons (Fsp3) is 0.444. The number of carbonyl (C=O) groups excluding carboxylic acids is 2. The molecule has 0 fully saturated rings. The lowest BCUT2D eigenvalue weighted by Gasteiger charge is -2.16. The molecule has 0 N–H and O–H groups in total. The molecular formula is C18H22O2. The standard InChI is InChI=1S/C18H22O2/c1-3-5-6-13(4-2)11-14-7-8-15-16(12-14)18(20)10-9-17(15)19/h7-10,12-13H,3-6,11H2,1-2H3. The Morgan fingerprint density at radius 2 is 1.70 bits per heavy atom. The lowest BCUT2D eigenvalue weighted by Crippen LogP contribution is -2.12. The van der Waals surface area contributed by atoms with Crippen molar-refractivity contribution in [2.24, 2.45) is 5.92 Å². The fourth-order valence-corrected chi connectivity index (χ4v) is 2.74. The van der Waals surface area contributed by atoms with Gasteiger partial charge in [-0.05, 0) is 36.1 Å². The number of hydrogen-bond acceptors (Lipinski definition) is 2. The first-order valence-electron chi connectivity index (χ1n) is 7.55. The number of allylic oxidation sites excluding steroid dienone is 2. The third-order valence-electron chi connectivity index (χ3n) is 4.07. The van der Waals surface area contributed by atoms with Gasteiger partial charge in [-0.25, -0.2) is 0 Å². The van der Waals surface area contributed by atoms with E-state index < -0.39 is 0 Å². The van der Waals surface area contributed by atoms with Crippen molar-refractivity contribution in [1.82, 2.24) is 0 Å². The summed E-state index contributed by atoms with van der Waals surface area (Å²) < 4.78 is 0. The van der Waals surface area contributed by atoms with Gasteiger partial charge in [-0.3, -0.25) is 9.59 Å². The summed E-state index contributed by atoms with van der Waals surface area (Å²) in [4.78, 5) is 23.6. The van der Waals surface area contributed by atoms with Crippen LogP contribution in [0.1, 0.15) is 65.8 Å². The molecule has 0 spiro atoms. The maximum Gasteiger partial charge on any atom is 0.186 e. The Balaban J connectivity index is 2.17. The molecule has 0 saturated carbocycles. The molecule has 1 unspecified atom stereocenters. The summed E-state index contributed by atoms with van der Waals surface area (Å²) in [5.74, 6) is 0.546. The average Bonchev–Trinajstić information content (AvgIpc) is 2.47. The summed E-state index contributed by atoms with van der Waals surface area (Å²) in [7, 11) is 0. The van der Waals surface area contributed by atoms with Crippen LogP contribution in [0.15, 0.2) is 30.4 Å². The van der Waals surface area contributed by atoms with Crippen LogP contribution in [0.3, 0.4) is 0 Å². The van der Waals surface area contributed by atoms with Crippen molar-refractivity contribution in [3.05, 3.63) is 47.0 Å². The zero-order chi connectivity index (χ0) is 14.5. The lowest BCUT2D eigenvalue weighted by molar-refractivity contribution is 0.0994. The lowest BCUT2D eigenvalue weighted by atomic mass is 9.88. The monoisotopic (exact) mass is 270 g/mol. The molecule has 2 nitrogen and oxygen atoms in total. The largest absolute Gasteiger partial charge is 0.289 e. The summed E-state index contributed by atoms with van der Waals surface area (Å²) in [6.45, 7) is 4.43. The minimum Gasteiger partial charge on any atom is -0.289 e. The van der Waals surface area contributed by atoms with Crippen LogP contribution < -0.4 is 0 Å². The smallest absolute Gasteiger partial charge is 0.186 e. The van der Waals surface area contributed by atoms with E-state index >= 15 is 0 Å². The zero-order valence-electron chi connectivity index (χ0n) is 12.3. The van der Waals surface area contributed by atoms with E-state index in [2.05, 4.69) is 13.8 Å². The van der Waals surface area contributed by atoms with Crippen LogP contribution in [0, 0.1) is 5.92 Å². The summed E-state index contributed by atoms with van der Waals surface area (Å²) in [6, 6.07) is 5.71. The minimum atomic E-state index is -0.0656. The molecule has 1 atom stereocenters. The molecule has 0 heterocycles. The van der Waals surface area contributed by atoms with Crippen LogP contribution in [0.4, 0.5) is 0 Å². The first kappa shape index (κ1) is 14.7. The van der Waals surface area contributed by atoms with E-state index in [1.165, 1.54) is 37.0 Å². The molecule has 0 saturated heterocycles. The number of ketones is 2. The second kappa shape index (κ2) is 6.65. The van der Waals surface area contributed by atoms with Crippen molar-refractivity contribution in [3.8, 4) is 0 Å². The van der Waals surface area contributed by atoms with Gasteiger partial charge in [0.15, 0.2) is 11.6 Å². The van der Waals surface area contributed by atoms with Crippen LogP contribution in [-0.4, -0.2) is 11.6 Å². The third-order valence-corrected chi connectivity index (χ3v) is 4.07. The highest BCUT2D eigenvalue weighted by atomic mass is 16.1. The SMILES string of the molecule is CCCCC(CC)Cc1ccc2c(c1)C(=O)C=CC2=O. The first-order valence-corrected chi connectivity index (χ1v) is 7.55. The number of rotatable bonds is 6. The van der Waals surface area contributed by atoms with Crippen LogP contribution in [0.2, 0.25) is 0 Å². The summed E-state index contributed by atoms with van der Waals surface area (Å²) in [5.41, 5.74) is 2.28. The molecule has 0 bridgehead atoms. The molecule has 1 aromatic carbocycles. The van der Waals surface area contributed by atoms with Gasteiger partial charge >= 0.3 is 0 Å². The van der Waals surface area contributed by atoms with Crippen molar-refractivity contribution < 1.29 is 9.59 Å². The second-order valence-corrected chi connectivity index (χ2v) is 5.56. The molecule has 0 radical (unpaired) electrons. The minimum absolute atomic E-state index is 0.0527. The molecule has 1 aromatic rings. The molecule has 2 heteroatoms. The van der Waals surface area contributed by atoms with Gasteiger partial charge in [0.2, 0.25) is 0 Å². The second-order valence-electron chi connectivity index (χ2n) is 5.56. The molecular weight excluding hydrogens is 248 g/mol. The van der Waals surface area contributed by atoms with Gasteiger partial charge in [-0.2, -0.15) is 0 Å². The Morgan fingerprint density at radius 3 is 2.35 bits per heavy atom. The molecule has 106 valence electrons. The first-order chi connectivity index (χ1) is 9.65. The van der Waals surface area contributed by atoms with Gasteiger partial charge in [-0.15, -0.1) is 0 Å². The van der Waals surface area contributed by atoms with Crippen molar-refractivity contribution in [2.75, 3.05) is 0 Å². The highest BCUT2D eigenvalue weighted by Crippen LogP contribution is 2.23. The predicted octanol–water partition coefficient (Wildman–Crippen LogP) is 4.38. The Hall–Kier alpha value is -1.70. The van der Waals surface area contributed by atoms with Crippen molar-refractivity contribution in [2.45, 2.75) is 46.0 Å². The molecule has 0 aliphatic heterocycles. The molecule has 20 heavy (non-hydrogen) atoms. The number of carbonyl (C=O) groups is 2. The molecule has 1 aliphatic rings. The molecule has 2 rings (SSSR count). The van der Waals surface area contributed by atoms with E-state index in [1.54, 1.807) is 6.07 Å². The topological polar surface area (TPSA) is 34.1 Å². The Labute approximate surface area is 120 Å². The van der Waals surface area contributed by atoms with Gasteiger partial charge in [0.05, 0.1) is 0 Å². The zero-order valence-corrected chi connectivity index (χ0v) is 12.3. The van der Waals surface area contributed by atoms with Crippen LogP contribution in [-0.2, 0) is 6.42 Å². The normalized spacial score (nSPS) is 15.3. The van der Waals surface area contributed by atoms with E-state index in [1.807, 2.05) is 12.1 Å². The highest BCUT2D eigenvalue weighted by molar-refractivity contribution is 6.22. The number of hydrogen-bond donors (Lipinski definition) is 0. The quantitative estimate of drug-likeness (QED) is 0.768. The Morgan fingerprint density at radius 1 is 1.00 bits per heavy atom. The summed E-state index contributed by atoms with van der Waals surface area (Å²) >= 11 is 0. The number of unbranched alkanes of at least 4 members (excludes halogenated alkanes) is 1. The highest BCUT2D eigenvalue weighted by Gasteiger charge is 2.19. The average molecular weight is 270 g/mol. The van der Waals surface area contributed by atoms with E-state index in [9.17, 15) is 9.59 Å². The van der Waals surface area contributed by atoms with E-state index in [4.69, 9.17) is 0 Å². The van der Waals surface area contributed by atoms with Gasteiger partial charge < -0.3 is 0 Å². The van der Waals surface area contributed by atoms with Gasteiger partial charge in [-0.1, -0.05) is 51.7 Å². The van der Waals surface area contributed by atoms with Crippen LogP contribution in [0.25, 0.3) is 0 Å². The van der Waals surface area contributed by atoms with E-state index in [-0.39, 0.29) is 11.6 Å². The van der Waals surface area contributed by atoms with Crippen LogP contribution in [0.5, 0.6) is 0 Å². The van der Waals surface area contributed by atoms with Gasteiger partial charge in [0.1, 0.15) is 0 Å².